The van der Waals surface area contributed by atoms with E-state index in [1.165, 1.54) is 12.1 Å². The second kappa shape index (κ2) is 7.95. The zero-order valence-corrected chi connectivity index (χ0v) is 16.0. The summed E-state index contributed by atoms with van der Waals surface area (Å²) in [5.74, 6) is -1.20. The van der Waals surface area contributed by atoms with Crippen LogP contribution in [0, 0.1) is 19.8 Å². The minimum absolute atomic E-state index is 0.336. The largest absolute Gasteiger partial charge is 0.481 e. The van der Waals surface area contributed by atoms with Crippen LogP contribution in [0.2, 0.25) is 0 Å². The van der Waals surface area contributed by atoms with E-state index in [9.17, 15) is 23.1 Å². The Labute approximate surface area is 162 Å². The second-order valence-corrected chi connectivity index (χ2v) is 7.53. The van der Waals surface area contributed by atoms with Crippen LogP contribution in [0.3, 0.4) is 0 Å². The Hall–Kier alpha value is -2.34. The fourth-order valence-electron chi connectivity index (χ4n) is 4.01. The minimum atomic E-state index is -4.40. The van der Waals surface area contributed by atoms with E-state index >= 15 is 0 Å². The molecule has 2 aromatic carbocycles. The van der Waals surface area contributed by atoms with E-state index < -0.39 is 23.6 Å². The maximum Gasteiger partial charge on any atom is 0.416 e. The number of carboxylic acid groups (broad SMARTS) is 1. The Morgan fingerprint density at radius 3 is 2.36 bits per heavy atom. The number of halogens is 3. The molecule has 150 valence electrons. The van der Waals surface area contributed by atoms with Crippen molar-refractivity contribution in [3.05, 3.63) is 70.3 Å². The van der Waals surface area contributed by atoms with Crippen molar-refractivity contribution in [2.24, 2.45) is 5.92 Å². The SMILES string of the molecule is Cc1ccc(C(c2cccc(C(F)(F)F)c2)N2CCC(C(=O)O)CC2)c(C)c1. The standard InChI is InChI=1S/C22H24F3NO2/c1-14-6-7-19(15(2)12-14)20(26-10-8-16(9-11-26)21(27)28)17-4-3-5-18(13-17)22(23,24)25/h3-7,12-13,16,20H,8-11H2,1-2H3,(H,27,28). The quantitative estimate of drug-likeness (QED) is 0.778. The number of aryl methyl sites for hydroxylation is 2. The molecule has 1 N–H and O–H groups in total. The Balaban J connectivity index is 2.02. The zero-order valence-electron chi connectivity index (χ0n) is 16.0. The zero-order chi connectivity index (χ0) is 20.5. The van der Waals surface area contributed by atoms with Gasteiger partial charge in [-0.15, -0.1) is 0 Å². The van der Waals surface area contributed by atoms with Gasteiger partial charge < -0.3 is 5.11 Å². The number of aliphatic carboxylic acids is 1. The number of benzene rings is 2. The van der Waals surface area contributed by atoms with Crippen LogP contribution in [-0.2, 0) is 11.0 Å². The molecule has 2 aromatic rings. The molecule has 3 rings (SSSR count). The molecule has 0 amide bonds. The summed E-state index contributed by atoms with van der Waals surface area (Å²) in [6, 6.07) is 11.1. The molecule has 1 atom stereocenters. The normalized spacial score (nSPS) is 17.5. The first kappa shape index (κ1) is 20.4. The number of likely N-dealkylation sites (tertiary alicyclic amines) is 1. The van der Waals surface area contributed by atoms with Crippen LogP contribution in [0.25, 0.3) is 0 Å². The second-order valence-electron chi connectivity index (χ2n) is 7.53. The predicted octanol–water partition coefficient (Wildman–Crippen LogP) is 5.21. The summed E-state index contributed by atoms with van der Waals surface area (Å²) in [6.07, 6.45) is -3.41. The lowest BCUT2D eigenvalue weighted by molar-refractivity contribution is -0.143. The molecule has 0 radical (unpaired) electrons. The molecule has 1 fully saturated rings. The van der Waals surface area contributed by atoms with E-state index in [2.05, 4.69) is 4.90 Å². The third kappa shape index (κ3) is 4.38. The van der Waals surface area contributed by atoms with Gasteiger partial charge in [0, 0.05) is 0 Å². The molecule has 28 heavy (non-hydrogen) atoms. The Morgan fingerprint density at radius 2 is 1.79 bits per heavy atom. The first-order valence-corrected chi connectivity index (χ1v) is 9.38. The van der Waals surface area contributed by atoms with Crippen molar-refractivity contribution >= 4 is 5.97 Å². The third-order valence-electron chi connectivity index (χ3n) is 5.49. The van der Waals surface area contributed by atoms with Crippen LogP contribution in [0.5, 0.6) is 0 Å². The van der Waals surface area contributed by atoms with Gasteiger partial charge in [0.15, 0.2) is 0 Å². The van der Waals surface area contributed by atoms with Crippen molar-refractivity contribution in [1.29, 1.82) is 0 Å². The van der Waals surface area contributed by atoms with Crippen LogP contribution in [0.1, 0.15) is 46.7 Å². The Kier molecular flexibility index (Phi) is 5.79. The van der Waals surface area contributed by atoms with Crippen molar-refractivity contribution in [2.75, 3.05) is 13.1 Å². The van der Waals surface area contributed by atoms with E-state index in [4.69, 9.17) is 0 Å². The summed E-state index contributed by atoms with van der Waals surface area (Å²) in [4.78, 5) is 13.4. The number of carbonyl (C=O) groups is 1. The van der Waals surface area contributed by atoms with Crippen LogP contribution < -0.4 is 0 Å². The fourth-order valence-corrected chi connectivity index (χ4v) is 4.01. The highest BCUT2D eigenvalue weighted by Crippen LogP contribution is 2.37. The molecule has 0 saturated carbocycles. The van der Waals surface area contributed by atoms with E-state index in [1.807, 2.05) is 32.0 Å². The molecule has 0 spiro atoms. The average molecular weight is 391 g/mol. The summed E-state index contributed by atoms with van der Waals surface area (Å²) in [5, 5.41) is 9.25. The highest BCUT2D eigenvalue weighted by molar-refractivity contribution is 5.70. The molecule has 1 aliphatic rings. The van der Waals surface area contributed by atoms with E-state index in [-0.39, 0.29) is 6.04 Å². The molecule has 1 unspecified atom stereocenters. The maximum absolute atomic E-state index is 13.3. The molecule has 6 heteroatoms. The fraction of sp³-hybridized carbons (Fsp3) is 0.409. The molecule has 0 aromatic heterocycles. The van der Waals surface area contributed by atoms with Gasteiger partial charge in [-0.25, -0.2) is 0 Å². The molecular weight excluding hydrogens is 367 g/mol. The van der Waals surface area contributed by atoms with Gasteiger partial charge in [-0.1, -0.05) is 35.9 Å². The van der Waals surface area contributed by atoms with Crippen molar-refractivity contribution < 1.29 is 23.1 Å². The topological polar surface area (TPSA) is 40.5 Å². The smallest absolute Gasteiger partial charge is 0.416 e. The third-order valence-corrected chi connectivity index (χ3v) is 5.49. The highest BCUT2D eigenvalue weighted by atomic mass is 19.4. The Bertz CT molecular complexity index is 855. The van der Waals surface area contributed by atoms with Crippen LogP contribution in [0.4, 0.5) is 13.2 Å². The average Bonchev–Trinajstić information content (AvgIpc) is 2.64. The van der Waals surface area contributed by atoms with Crippen LogP contribution in [0.15, 0.2) is 42.5 Å². The summed E-state index contributed by atoms with van der Waals surface area (Å²) in [7, 11) is 0. The highest BCUT2D eigenvalue weighted by Gasteiger charge is 2.34. The van der Waals surface area contributed by atoms with Crippen molar-refractivity contribution in [1.82, 2.24) is 4.90 Å². The van der Waals surface area contributed by atoms with Gasteiger partial charge in [-0.2, -0.15) is 13.2 Å². The van der Waals surface area contributed by atoms with E-state index in [0.717, 1.165) is 22.8 Å². The lowest BCUT2D eigenvalue weighted by Crippen LogP contribution is -2.39. The summed E-state index contributed by atoms with van der Waals surface area (Å²) < 4.78 is 39.8. The minimum Gasteiger partial charge on any atom is -0.481 e. The number of carboxylic acids is 1. The molecular formula is C22H24F3NO2. The van der Waals surface area contributed by atoms with Gasteiger partial charge in [-0.3, -0.25) is 9.69 Å². The van der Waals surface area contributed by atoms with Gasteiger partial charge >= 0.3 is 12.1 Å². The van der Waals surface area contributed by atoms with Gasteiger partial charge in [0.05, 0.1) is 17.5 Å². The molecule has 1 heterocycles. The number of hydrogen-bond acceptors (Lipinski definition) is 2. The van der Waals surface area contributed by atoms with Crippen molar-refractivity contribution in [3.63, 3.8) is 0 Å². The Morgan fingerprint density at radius 1 is 1.11 bits per heavy atom. The van der Waals surface area contributed by atoms with Crippen LogP contribution >= 0.6 is 0 Å². The number of piperidine rings is 1. The number of nitrogens with zero attached hydrogens (tertiary/aromatic N) is 1. The molecule has 1 saturated heterocycles. The summed E-state index contributed by atoms with van der Waals surface area (Å²) >= 11 is 0. The first-order chi connectivity index (χ1) is 13.2. The first-order valence-electron chi connectivity index (χ1n) is 9.38. The molecule has 0 bridgehead atoms. The van der Waals surface area contributed by atoms with Crippen LogP contribution in [-0.4, -0.2) is 29.1 Å². The van der Waals surface area contributed by atoms with Gasteiger partial charge in [0.1, 0.15) is 0 Å². The number of alkyl halides is 3. The van der Waals surface area contributed by atoms with Gasteiger partial charge in [0.25, 0.3) is 0 Å². The molecule has 1 aliphatic heterocycles. The van der Waals surface area contributed by atoms with Gasteiger partial charge in [0.2, 0.25) is 0 Å². The lowest BCUT2D eigenvalue weighted by Gasteiger charge is -2.38. The lowest BCUT2D eigenvalue weighted by atomic mass is 9.88. The van der Waals surface area contributed by atoms with Crippen molar-refractivity contribution in [3.8, 4) is 0 Å². The molecule has 0 aliphatic carbocycles. The number of rotatable bonds is 4. The summed E-state index contributed by atoms with van der Waals surface area (Å²) in [6.45, 7) is 5.01. The monoisotopic (exact) mass is 391 g/mol. The van der Waals surface area contributed by atoms with Crippen molar-refractivity contribution in [2.45, 2.75) is 38.9 Å². The molecule has 3 nitrogen and oxygen atoms in total. The number of hydrogen-bond donors (Lipinski definition) is 1. The van der Waals surface area contributed by atoms with E-state index in [0.29, 0.717) is 31.5 Å². The maximum atomic E-state index is 13.3. The van der Waals surface area contributed by atoms with Gasteiger partial charge in [-0.05, 0) is 68.6 Å². The predicted molar refractivity (Wildman–Crippen MR) is 101 cm³/mol. The summed E-state index contributed by atoms with van der Waals surface area (Å²) in [5.41, 5.74) is 2.98. The van der Waals surface area contributed by atoms with E-state index in [1.54, 1.807) is 6.07 Å².